The van der Waals surface area contributed by atoms with Gasteiger partial charge in [0.05, 0.1) is 5.56 Å². The number of nitrogens with zero attached hydrogens (tertiary/aromatic N) is 1. The van der Waals surface area contributed by atoms with Gasteiger partial charge in [0.2, 0.25) is 0 Å². The van der Waals surface area contributed by atoms with Crippen LogP contribution >= 0.6 is 27.3 Å². The topological polar surface area (TPSA) is 52.6 Å². The molecule has 31 heavy (non-hydrogen) atoms. The maximum Gasteiger partial charge on any atom is 0.256 e. The monoisotopic (exact) mass is 492 g/mol. The van der Waals surface area contributed by atoms with Gasteiger partial charge in [-0.25, -0.2) is 0 Å². The van der Waals surface area contributed by atoms with E-state index in [0.717, 1.165) is 57.5 Å². The number of hydrogen-bond donors (Lipinski definition) is 2. The Hall–Kier alpha value is -2.57. The van der Waals surface area contributed by atoms with E-state index in [9.17, 15) is 9.90 Å². The number of amides is 1. The highest BCUT2D eigenvalue weighted by Crippen LogP contribution is 2.47. The fraction of sp³-hybridized carbons (Fsp3) is 0.240. The van der Waals surface area contributed by atoms with Gasteiger partial charge in [-0.2, -0.15) is 0 Å². The highest BCUT2D eigenvalue weighted by atomic mass is 79.9. The van der Waals surface area contributed by atoms with Gasteiger partial charge in [0, 0.05) is 27.0 Å². The number of rotatable bonds is 1. The maximum absolute atomic E-state index is 13.3. The minimum absolute atomic E-state index is 0.0272. The Morgan fingerprint density at radius 2 is 2.00 bits per heavy atom. The van der Waals surface area contributed by atoms with Gasteiger partial charge in [0.1, 0.15) is 16.9 Å². The number of carbonyl (C=O) groups excluding carboxylic acids is 1. The van der Waals surface area contributed by atoms with Crippen molar-refractivity contribution in [3.8, 4) is 5.75 Å². The van der Waals surface area contributed by atoms with Crippen molar-refractivity contribution >= 4 is 49.8 Å². The number of thiophene rings is 1. The summed E-state index contributed by atoms with van der Waals surface area (Å²) in [6.07, 6.45) is 6.18. The lowest BCUT2D eigenvalue weighted by Gasteiger charge is -2.43. The Bertz CT molecular complexity index is 1260. The molecule has 3 aromatic rings. The normalized spacial score (nSPS) is 20.5. The number of halogens is 1. The summed E-state index contributed by atoms with van der Waals surface area (Å²) in [4.78, 5) is 17.0. The van der Waals surface area contributed by atoms with Gasteiger partial charge in [-0.1, -0.05) is 40.2 Å². The van der Waals surface area contributed by atoms with Crippen molar-refractivity contribution in [1.82, 2.24) is 5.32 Å². The SMILES string of the molecule is O=C1NC2C(=Cc3cc(Br)ccc3O)c3ccccc3CN2c2sc3c(c21)CCCC3. The highest BCUT2D eigenvalue weighted by molar-refractivity contribution is 9.10. The quantitative estimate of drug-likeness (QED) is 0.456. The van der Waals surface area contributed by atoms with Gasteiger partial charge < -0.3 is 15.3 Å². The minimum Gasteiger partial charge on any atom is -0.507 e. The lowest BCUT2D eigenvalue weighted by atomic mass is 9.88. The summed E-state index contributed by atoms with van der Waals surface area (Å²) in [5.74, 6) is 0.249. The second-order valence-electron chi connectivity index (χ2n) is 8.35. The fourth-order valence-corrected chi connectivity index (χ4v) is 6.82. The molecule has 4 nitrogen and oxygen atoms in total. The Balaban J connectivity index is 1.55. The number of aromatic hydroxyl groups is 1. The van der Waals surface area contributed by atoms with Crippen LogP contribution in [0.25, 0.3) is 11.6 Å². The first kappa shape index (κ1) is 19.1. The Kier molecular flexibility index (Phi) is 4.47. The first-order valence-corrected chi connectivity index (χ1v) is 12.2. The third-order valence-electron chi connectivity index (χ3n) is 6.48. The first-order chi connectivity index (χ1) is 15.1. The predicted molar refractivity (Wildman–Crippen MR) is 129 cm³/mol. The molecule has 3 aliphatic rings. The molecule has 0 spiro atoms. The van der Waals surface area contributed by atoms with Crippen molar-refractivity contribution in [2.45, 2.75) is 38.4 Å². The standard InChI is InChI=1S/C25H21BrN2O2S/c26-16-9-10-20(29)15(11-16)12-19-17-6-2-1-5-14(17)13-28-23(19)27-24(30)22-18-7-3-4-8-21(18)31-25(22)28/h1-2,5-6,9-12,23,29H,3-4,7-8,13H2,(H,27,30). The molecule has 6 rings (SSSR count). The zero-order valence-corrected chi connectivity index (χ0v) is 19.2. The number of nitrogens with one attached hydrogen (secondary N) is 1. The second-order valence-corrected chi connectivity index (χ2v) is 10.4. The molecule has 156 valence electrons. The van der Waals surface area contributed by atoms with Crippen LogP contribution < -0.4 is 10.2 Å². The molecule has 3 heterocycles. The molecule has 0 bridgehead atoms. The summed E-state index contributed by atoms with van der Waals surface area (Å²) in [6, 6.07) is 13.8. The van der Waals surface area contributed by atoms with E-state index in [-0.39, 0.29) is 17.8 Å². The molecule has 0 saturated carbocycles. The van der Waals surface area contributed by atoms with E-state index in [0.29, 0.717) is 0 Å². The van der Waals surface area contributed by atoms with E-state index < -0.39 is 0 Å². The van der Waals surface area contributed by atoms with Crippen molar-refractivity contribution in [1.29, 1.82) is 0 Å². The number of benzene rings is 2. The summed E-state index contributed by atoms with van der Waals surface area (Å²) in [7, 11) is 0. The average molecular weight is 493 g/mol. The molecular formula is C25H21BrN2O2S. The van der Waals surface area contributed by atoms with Crippen LogP contribution in [0.5, 0.6) is 5.75 Å². The van der Waals surface area contributed by atoms with Gasteiger partial charge in [0.15, 0.2) is 0 Å². The number of anilines is 1. The van der Waals surface area contributed by atoms with Crippen LogP contribution in [-0.2, 0) is 19.4 Å². The molecule has 1 unspecified atom stereocenters. The minimum atomic E-state index is -0.256. The number of hydrogen-bond acceptors (Lipinski definition) is 4. The van der Waals surface area contributed by atoms with Crippen LogP contribution in [0.4, 0.5) is 5.00 Å². The number of fused-ring (bicyclic) bond motifs is 6. The molecule has 0 fully saturated rings. The lowest BCUT2D eigenvalue weighted by molar-refractivity contribution is 0.0936. The first-order valence-electron chi connectivity index (χ1n) is 10.6. The molecule has 1 aliphatic carbocycles. The van der Waals surface area contributed by atoms with Crippen molar-refractivity contribution in [3.05, 3.63) is 79.6 Å². The zero-order chi connectivity index (χ0) is 21.1. The number of carbonyl (C=O) groups is 1. The summed E-state index contributed by atoms with van der Waals surface area (Å²) in [6.45, 7) is 0.759. The smallest absolute Gasteiger partial charge is 0.256 e. The number of phenolic OH excluding ortho intramolecular Hbond substituents is 1. The Morgan fingerprint density at radius 1 is 1.16 bits per heavy atom. The van der Waals surface area contributed by atoms with Gasteiger partial charge in [-0.3, -0.25) is 4.79 Å². The Morgan fingerprint density at radius 3 is 2.90 bits per heavy atom. The predicted octanol–water partition coefficient (Wildman–Crippen LogP) is 5.73. The van der Waals surface area contributed by atoms with E-state index >= 15 is 0 Å². The van der Waals surface area contributed by atoms with E-state index in [2.05, 4.69) is 44.3 Å². The van der Waals surface area contributed by atoms with Crippen molar-refractivity contribution in [2.75, 3.05) is 4.90 Å². The zero-order valence-electron chi connectivity index (χ0n) is 16.8. The van der Waals surface area contributed by atoms with Gasteiger partial charge in [0.25, 0.3) is 5.91 Å². The summed E-state index contributed by atoms with van der Waals surface area (Å²) in [5, 5.41) is 14.9. The molecule has 1 amide bonds. The maximum atomic E-state index is 13.3. The van der Waals surface area contributed by atoms with Crippen molar-refractivity contribution in [3.63, 3.8) is 0 Å². The molecule has 6 heteroatoms. The summed E-state index contributed by atoms with van der Waals surface area (Å²) in [5.41, 5.74) is 6.23. The molecule has 2 aromatic carbocycles. The van der Waals surface area contributed by atoms with E-state index in [1.165, 1.54) is 22.4 Å². The molecule has 0 radical (unpaired) electrons. The number of phenols is 1. The van der Waals surface area contributed by atoms with Crippen LogP contribution in [0.1, 0.15) is 50.3 Å². The fourth-order valence-electron chi connectivity index (χ4n) is 5.02. The van der Waals surface area contributed by atoms with E-state index in [1.807, 2.05) is 24.3 Å². The van der Waals surface area contributed by atoms with Crippen LogP contribution in [0.2, 0.25) is 0 Å². The van der Waals surface area contributed by atoms with E-state index in [1.54, 1.807) is 17.4 Å². The van der Waals surface area contributed by atoms with E-state index in [4.69, 9.17) is 0 Å². The van der Waals surface area contributed by atoms with Crippen molar-refractivity contribution in [2.24, 2.45) is 0 Å². The molecule has 1 aromatic heterocycles. The van der Waals surface area contributed by atoms with Gasteiger partial charge in [-0.15, -0.1) is 11.3 Å². The van der Waals surface area contributed by atoms with Crippen LogP contribution in [-0.4, -0.2) is 17.2 Å². The second kappa shape index (κ2) is 7.24. The average Bonchev–Trinajstić information content (AvgIpc) is 3.17. The summed E-state index contributed by atoms with van der Waals surface area (Å²) < 4.78 is 0.902. The van der Waals surface area contributed by atoms with Crippen LogP contribution in [0.15, 0.2) is 46.9 Å². The third-order valence-corrected chi connectivity index (χ3v) is 8.31. The van der Waals surface area contributed by atoms with Gasteiger partial charge >= 0.3 is 0 Å². The summed E-state index contributed by atoms with van der Waals surface area (Å²) >= 11 is 5.30. The largest absolute Gasteiger partial charge is 0.507 e. The Labute approximate surface area is 193 Å². The lowest BCUT2D eigenvalue weighted by Crippen LogP contribution is -2.54. The van der Waals surface area contributed by atoms with Gasteiger partial charge in [-0.05, 0) is 66.6 Å². The van der Waals surface area contributed by atoms with Crippen molar-refractivity contribution < 1.29 is 9.90 Å². The molecule has 1 atom stereocenters. The molecule has 2 N–H and O–H groups in total. The molecular weight excluding hydrogens is 472 g/mol. The van der Waals surface area contributed by atoms with Crippen LogP contribution in [0, 0.1) is 0 Å². The highest BCUT2D eigenvalue weighted by Gasteiger charge is 2.41. The number of aryl methyl sites for hydroxylation is 1. The molecule has 0 saturated heterocycles. The third kappa shape index (κ3) is 3.04. The molecule has 2 aliphatic heterocycles. The van der Waals surface area contributed by atoms with Crippen LogP contribution in [0.3, 0.4) is 0 Å².